The molecule has 2 aromatic rings. The highest BCUT2D eigenvalue weighted by molar-refractivity contribution is 5.76. The average molecular weight is 319 g/mol. The first-order valence-corrected chi connectivity index (χ1v) is 7.83. The van der Waals surface area contributed by atoms with Crippen LogP contribution in [0, 0.1) is 0 Å². The standard InChI is InChI=1S/C16H21N3O4/c1-2-19-9-13(8-17-19)23-15-11-18(10-14(15)20)16(21)6-5-12-4-3-7-22-12/h3-4,7-9,14-15,20H,2,5-6,10-11H2,1H3/t14-,15-/m1/s1. The Kier molecular flexibility index (Phi) is 4.66. The summed E-state index contributed by atoms with van der Waals surface area (Å²) in [6, 6.07) is 3.66. The summed E-state index contributed by atoms with van der Waals surface area (Å²) in [5, 5.41) is 14.3. The second-order valence-corrected chi connectivity index (χ2v) is 5.63. The summed E-state index contributed by atoms with van der Waals surface area (Å²) < 4.78 is 12.7. The zero-order chi connectivity index (χ0) is 16.2. The van der Waals surface area contributed by atoms with Crippen molar-refractivity contribution < 1.29 is 19.1 Å². The molecule has 1 aliphatic rings. The number of carbonyl (C=O) groups is 1. The molecule has 7 nitrogen and oxygen atoms in total. The first kappa shape index (κ1) is 15.6. The predicted octanol–water partition coefficient (Wildman–Crippen LogP) is 1.08. The van der Waals surface area contributed by atoms with Crippen molar-refractivity contribution in [3.8, 4) is 5.75 Å². The number of aliphatic hydroxyl groups excluding tert-OH is 1. The van der Waals surface area contributed by atoms with E-state index in [1.807, 2.05) is 13.0 Å². The van der Waals surface area contributed by atoms with E-state index in [4.69, 9.17) is 9.15 Å². The molecule has 3 heterocycles. The number of amides is 1. The third kappa shape index (κ3) is 3.73. The van der Waals surface area contributed by atoms with Gasteiger partial charge >= 0.3 is 0 Å². The molecule has 1 saturated heterocycles. The molecule has 0 unspecified atom stereocenters. The Morgan fingerprint density at radius 3 is 3.09 bits per heavy atom. The van der Waals surface area contributed by atoms with E-state index in [-0.39, 0.29) is 5.91 Å². The number of aliphatic hydroxyl groups is 1. The topological polar surface area (TPSA) is 80.7 Å². The number of ether oxygens (including phenoxy) is 1. The number of aryl methyl sites for hydroxylation is 2. The Bertz CT molecular complexity index is 638. The highest BCUT2D eigenvalue weighted by Gasteiger charge is 2.35. The Balaban J connectivity index is 1.51. The molecule has 1 amide bonds. The number of nitrogens with zero attached hydrogens (tertiary/aromatic N) is 3. The predicted molar refractivity (Wildman–Crippen MR) is 81.9 cm³/mol. The van der Waals surface area contributed by atoms with Crippen molar-refractivity contribution in [3.63, 3.8) is 0 Å². The minimum absolute atomic E-state index is 0.00389. The lowest BCUT2D eigenvalue weighted by Gasteiger charge is -2.16. The van der Waals surface area contributed by atoms with Crippen molar-refractivity contribution in [2.24, 2.45) is 0 Å². The van der Waals surface area contributed by atoms with Crippen molar-refractivity contribution in [1.82, 2.24) is 14.7 Å². The van der Waals surface area contributed by atoms with E-state index >= 15 is 0 Å². The van der Waals surface area contributed by atoms with Crippen molar-refractivity contribution in [2.45, 2.75) is 38.5 Å². The minimum atomic E-state index is -0.687. The molecule has 0 aliphatic carbocycles. The second-order valence-electron chi connectivity index (χ2n) is 5.63. The molecule has 0 spiro atoms. The Labute approximate surface area is 134 Å². The highest BCUT2D eigenvalue weighted by Crippen LogP contribution is 2.19. The monoisotopic (exact) mass is 319 g/mol. The largest absolute Gasteiger partial charge is 0.482 e. The number of aromatic nitrogens is 2. The Morgan fingerprint density at radius 2 is 2.39 bits per heavy atom. The maximum atomic E-state index is 12.2. The fourth-order valence-electron chi connectivity index (χ4n) is 2.67. The van der Waals surface area contributed by atoms with Gasteiger partial charge in [0.05, 0.1) is 31.7 Å². The molecule has 0 aromatic carbocycles. The van der Waals surface area contributed by atoms with Gasteiger partial charge in [-0.25, -0.2) is 0 Å². The smallest absolute Gasteiger partial charge is 0.223 e. The molecule has 2 atom stereocenters. The molecule has 0 radical (unpaired) electrons. The first-order chi connectivity index (χ1) is 11.2. The summed E-state index contributed by atoms with van der Waals surface area (Å²) in [6.45, 7) is 3.42. The van der Waals surface area contributed by atoms with Gasteiger partial charge in [0.1, 0.15) is 18.0 Å². The van der Waals surface area contributed by atoms with Gasteiger partial charge in [-0.1, -0.05) is 0 Å². The molecular formula is C16H21N3O4. The first-order valence-electron chi connectivity index (χ1n) is 7.83. The minimum Gasteiger partial charge on any atom is -0.482 e. The number of likely N-dealkylation sites (tertiary alicyclic amines) is 1. The van der Waals surface area contributed by atoms with Crippen molar-refractivity contribution in [1.29, 1.82) is 0 Å². The number of rotatable bonds is 6. The van der Waals surface area contributed by atoms with Gasteiger partial charge in [-0.05, 0) is 19.1 Å². The van der Waals surface area contributed by atoms with Crippen LogP contribution < -0.4 is 4.74 Å². The number of hydrogen-bond donors (Lipinski definition) is 1. The van der Waals surface area contributed by atoms with Crippen LogP contribution in [0.25, 0.3) is 0 Å². The Morgan fingerprint density at radius 1 is 1.52 bits per heavy atom. The molecule has 3 rings (SSSR count). The molecule has 124 valence electrons. The van der Waals surface area contributed by atoms with E-state index < -0.39 is 12.2 Å². The van der Waals surface area contributed by atoms with Crippen LogP contribution in [0.2, 0.25) is 0 Å². The van der Waals surface area contributed by atoms with Gasteiger partial charge in [0.15, 0.2) is 5.75 Å². The lowest BCUT2D eigenvalue weighted by molar-refractivity contribution is -0.130. The van der Waals surface area contributed by atoms with Gasteiger partial charge in [0.2, 0.25) is 5.91 Å². The van der Waals surface area contributed by atoms with Crippen molar-refractivity contribution in [2.75, 3.05) is 13.1 Å². The number of β-amino-alcohol motifs (C(OH)–C–C–N with tert-alkyl or cyclic N) is 1. The summed E-state index contributed by atoms with van der Waals surface area (Å²) in [7, 11) is 0. The van der Waals surface area contributed by atoms with E-state index in [2.05, 4.69) is 5.10 Å². The van der Waals surface area contributed by atoms with Gasteiger partial charge in [0.25, 0.3) is 0 Å². The van der Waals surface area contributed by atoms with E-state index in [1.54, 1.807) is 34.3 Å². The van der Waals surface area contributed by atoms with Gasteiger partial charge in [-0.15, -0.1) is 0 Å². The lowest BCUT2D eigenvalue weighted by Crippen LogP contribution is -2.31. The third-order valence-corrected chi connectivity index (χ3v) is 3.98. The Hall–Kier alpha value is -2.28. The van der Waals surface area contributed by atoms with E-state index in [9.17, 15) is 9.90 Å². The molecule has 1 aliphatic heterocycles. The van der Waals surface area contributed by atoms with Gasteiger partial charge in [0, 0.05) is 19.4 Å². The number of hydrogen-bond acceptors (Lipinski definition) is 5. The zero-order valence-corrected chi connectivity index (χ0v) is 13.1. The molecule has 0 bridgehead atoms. The van der Waals surface area contributed by atoms with Gasteiger partial charge in [-0.2, -0.15) is 5.10 Å². The number of carbonyl (C=O) groups excluding carboxylic acids is 1. The molecular weight excluding hydrogens is 298 g/mol. The summed E-state index contributed by atoms with van der Waals surface area (Å²) in [4.78, 5) is 13.9. The summed E-state index contributed by atoms with van der Waals surface area (Å²) in [5.74, 6) is 1.40. The van der Waals surface area contributed by atoms with E-state index in [0.717, 1.165) is 12.3 Å². The SMILES string of the molecule is CCn1cc(O[C@@H]2CN(C(=O)CCc3ccco3)C[C@H]2O)cn1. The summed E-state index contributed by atoms with van der Waals surface area (Å²) >= 11 is 0. The van der Waals surface area contributed by atoms with Gasteiger partial charge < -0.3 is 19.2 Å². The molecule has 1 N–H and O–H groups in total. The van der Waals surface area contributed by atoms with Crippen molar-refractivity contribution in [3.05, 3.63) is 36.5 Å². The van der Waals surface area contributed by atoms with E-state index in [0.29, 0.717) is 31.7 Å². The fourth-order valence-corrected chi connectivity index (χ4v) is 2.67. The third-order valence-electron chi connectivity index (χ3n) is 3.98. The fraction of sp³-hybridized carbons (Fsp3) is 0.500. The van der Waals surface area contributed by atoms with Crippen LogP contribution in [0.3, 0.4) is 0 Å². The quantitative estimate of drug-likeness (QED) is 0.862. The normalized spacial score (nSPS) is 20.9. The second kappa shape index (κ2) is 6.87. The molecule has 23 heavy (non-hydrogen) atoms. The molecule has 2 aromatic heterocycles. The highest BCUT2D eigenvalue weighted by atomic mass is 16.5. The van der Waals surface area contributed by atoms with Gasteiger partial charge in [-0.3, -0.25) is 9.48 Å². The van der Waals surface area contributed by atoms with Crippen LogP contribution in [-0.4, -0.2) is 51.0 Å². The van der Waals surface area contributed by atoms with Crippen LogP contribution in [-0.2, 0) is 17.8 Å². The maximum absolute atomic E-state index is 12.2. The van der Waals surface area contributed by atoms with Crippen LogP contribution >= 0.6 is 0 Å². The van der Waals surface area contributed by atoms with E-state index in [1.165, 1.54) is 0 Å². The number of furan rings is 1. The van der Waals surface area contributed by atoms with Crippen LogP contribution in [0.5, 0.6) is 5.75 Å². The van der Waals surface area contributed by atoms with Crippen molar-refractivity contribution >= 4 is 5.91 Å². The molecule has 1 fully saturated rings. The molecule has 0 saturated carbocycles. The van der Waals surface area contributed by atoms with Crippen LogP contribution in [0.15, 0.2) is 35.2 Å². The van der Waals surface area contributed by atoms with Crippen LogP contribution in [0.4, 0.5) is 0 Å². The average Bonchev–Trinajstić information content (AvgIpc) is 3.27. The summed E-state index contributed by atoms with van der Waals surface area (Å²) in [5.41, 5.74) is 0. The zero-order valence-electron chi connectivity index (χ0n) is 13.1. The summed E-state index contributed by atoms with van der Waals surface area (Å²) in [6.07, 6.45) is 4.82. The maximum Gasteiger partial charge on any atom is 0.223 e. The molecule has 7 heteroatoms. The van der Waals surface area contributed by atoms with Crippen LogP contribution in [0.1, 0.15) is 19.1 Å². The lowest BCUT2D eigenvalue weighted by atomic mass is 10.2.